The number of nitrogens with one attached hydrogen (secondary N) is 1. The van der Waals surface area contributed by atoms with Gasteiger partial charge in [-0.25, -0.2) is 0 Å². The van der Waals surface area contributed by atoms with Crippen LogP contribution in [0.25, 0.3) is 0 Å². The first-order chi connectivity index (χ1) is 2.77. The van der Waals surface area contributed by atoms with Gasteiger partial charge in [-0.2, -0.15) is 0 Å². The Balaban J connectivity index is 3.30. The van der Waals surface area contributed by atoms with Crippen molar-refractivity contribution in [2.75, 3.05) is 0 Å². The third kappa shape index (κ3) is 1.53. The molecular weight excluding hydrogens is 52.8 g/mol. The van der Waals surface area contributed by atoms with Crippen molar-refractivity contribution < 1.29 is 7.58 Å². The average molecular weight is 57.9 g/mol. The van der Waals surface area contributed by atoms with Crippen molar-refractivity contribution in [3.8, 4) is 0 Å². The normalized spacial score (nSPS) is 13.0. The van der Waals surface area contributed by atoms with E-state index in [9.17, 15) is 4.79 Å². The molecule has 0 rings (SSSR count). The van der Waals surface area contributed by atoms with Crippen LogP contribution in [0.4, 0.5) is 0 Å². The Morgan fingerprint density at radius 3 is 3.75 bits per heavy atom. The summed E-state index contributed by atoms with van der Waals surface area (Å²) >= 11 is 0. The molecule has 20 valence electrons. The van der Waals surface area contributed by atoms with E-state index in [0.29, 0.717) is 7.07 Å². The van der Waals surface area contributed by atoms with E-state index in [2.05, 4.69) is 5.31 Å². The first kappa shape index (κ1) is 1.10. The van der Waals surface area contributed by atoms with Gasteiger partial charge in [0, 0.05) is 0 Å². The van der Waals surface area contributed by atoms with Crippen LogP contribution < -0.4 is 0 Å². The summed E-state index contributed by atoms with van der Waals surface area (Å²) in [5.74, 6) is 0. The van der Waals surface area contributed by atoms with Gasteiger partial charge in [-0.05, 0) is 0 Å². The van der Waals surface area contributed by atoms with Gasteiger partial charge in [0.1, 0.15) is 0 Å². The number of carbonyl (C=O) groups excluding carboxylic acids is 1. The van der Waals surface area contributed by atoms with E-state index in [-0.39, 0.29) is 0 Å². The Labute approximate surface area is 27.4 Å². The van der Waals surface area contributed by atoms with E-state index >= 15 is 0 Å². The summed E-state index contributed by atoms with van der Waals surface area (Å²) in [6, 6.07) is 0. The van der Waals surface area contributed by atoms with E-state index in [1.54, 1.807) is 0 Å². The van der Waals surface area contributed by atoms with Gasteiger partial charge in [-0.1, -0.05) is 0 Å². The Bertz CT molecular complexity index is 81.6. The summed E-state index contributed by atoms with van der Waals surface area (Å²) in [4.78, 5) is 9.44. The fourth-order valence-electron chi connectivity index (χ4n) is 0. The van der Waals surface area contributed by atoms with E-state index < -0.39 is 6.16 Å². The van der Waals surface area contributed by atoms with Crippen LogP contribution >= 0.6 is 0 Å². The van der Waals surface area contributed by atoms with Crippen LogP contribution in [-0.2, 0) is 4.79 Å². The van der Waals surface area contributed by atoms with Crippen LogP contribution in [0.3, 0.4) is 0 Å². The second-order valence-corrected chi connectivity index (χ2v) is 0.247. The van der Waals surface area contributed by atoms with Gasteiger partial charge in [0.25, 0.3) is 0 Å². The van der Waals surface area contributed by atoms with Crippen molar-refractivity contribution in [1.29, 1.82) is 5.31 Å². The van der Waals surface area contributed by atoms with Crippen LogP contribution in [0.1, 0.15) is 1.37 Å². The molecule has 0 fully saturated rings. The van der Waals surface area contributed by atoms with Gasteiger partial charge in [0.15, 0.2) is 0 Å². The fourth-order valence-corrected chi connectivity index (χ4v) is 0. The van der Waals surface area contributed by atoms with E-state index in [4.69, 9.17) is 2.78 Å². The molecule has 0 aromatic heterocycles. The Hall–Kier alpha value is -0.465. The summed E-state index contributed by atoms with van der Waals surface area (Å²) in [5, 5.41) is 2.52. The monoisotopic (exact) mass is 58.0 g/mol. The van der Waals surface area contributed by atoms with Crippen molar-refractivity contribution in [2.24, 2.45) is 0 Å². The van der Waals surface area contributed by atoms with Crippen LogP contribution in [0.5, 0.6) is 0 Å². The maximum absolute atomic E-state index is 9.44. The average Bonchev–Trinajstić information content (AvgIpc) is 1.35. The molecule has 0 atom stereocenters. The predicted octanol–water partition coefficient (Wildman–Crippen LogP) is -0.357. The molecule has 0 amide bonds. The SMILES string of the molecule is [2H]N=BC([3H])=O. The van der Waals surface area contributed by atoms with Crippen LogP contribution in [0.2, 0.25) is 1.41 Å². The first-order valence-electron chi connectivity index (χ1n) is 1.70. The van der Waals surface area contributed by atoms with Crippen molar-refractivity contribution in [3.05, 3.63) is 0 Å². The molecule has 0 aromatic carbocycles. The van der Waals surface area contributed by atoms with Crippen molar-refractivity contribution in [3.63, 3.8) is 0 Å². The molecule has 1 N–H and O–H groups in total. The molecule has 0 aromatic rings. The molecule has 0 aliphatic rings. The van der Waals surface area contributed by atoms with Crippen LogP contribution in [0.15, 0.2) is 0 Å². The standard InChI is InChI=1S/CH2BNO/c3-2-1-4/h1,3H/i1T,3D. The molecule has 0 saturated heterocycles. The third-order valence-corrected chi connectivity index (χ3v) is 0.0527. The summed E-state index contributed by atoms with van der Waals surface area (Å²) in [5.41, 5.74) is 0. The Morgan fingerprint density at radius 1 is 3.00 bits per heavy atom. The summed E-state index contributed by atoms with van der Waals surface area (Å²) < 4.78 is 12.0. The molecule has 0 unspecified atom stereocenters. The molecule has 0 heterocycles. The van der Waals surface area contributed by atoms with Gasteiger partial charge >= 0.3 is 26.1 Å². The second-order valence-electron chi connectivity index (χ2n) is 0.247. The number of hydrogen-bond donors (Lipinski definition) is 1. The number of rotatable bonds is 1. The zero-order valence-corrected chi connectivity index (χ0v) is 1.93. The van der Waals surface area contributed by atoms with Crippen LogP contribution in [0, 0.1) is 5.31 Å². The molecule has 0 saturated carbocycles. The van der Waals surface area contributed by atoms with Gasteiger partial charge < -0.3 is 0 Å². The third-order valence-electron chi connectivity index (χ3n) is 0.0527. The van der Waals surface area contributed by atoms with Gasteiger partial charge in [-0.15, -0.1) is 0 Å². The molecule has 0 aliphatic carbocycles. The van der Waals surface area contributed by atoms with Crippen molar-refractivity contribution in [1.82, 2.24) is 0 Å². The minimum absolute atomic E-state index is 0.611. The van der Waals surface area contributed by atoms with E-state index in [1.165, 1.54) is 0 Å². The van der Waals surface area contributed by atoms with E-state index in [1.807, 2.05) is 0 Å². The molecule has 3 heteroatoms. The molecule has 4 heavy (non-hydrogen) atoms. The second kappa shape index (κ2) is 2.53. The van der Waals surface area contributed by atoms with Crippen molar-refractivity contribution in [2.45, 2.75) is 0 Å². The molecule has 0 bridgehead atoms. The zero-order valence-electron chi connectivity index (χ0n) is 3.93. The van der Waals surface area contributed by atoms with Gasteiger partial charge in [-0.3, -0.25) is 0 Å². The first-order valence-corrected chi connectivity index (χ1v) is 0.751. The Kier molecular flexibility index (Phi) is 0.700. The maximum atomic E-state index is 9.44. The summed E-state index contributed by atoms with van der Waals surface area (Å²) in [7, 11) is 0.611. The number of carbonyl (C=O) groups is 1. The van der Waals surface area contributed by atoms with Crippen molar-refractivity contribution >= 4 is 13.2 Å². The minimum atomic E-state index is -0.940. The molecular formula is CH2BNO. The van der Waals surface area contributed by atoms with Crippen LogP contribution in [-0.4, -0.2) is 13.2 Å². The molecule has 0 aliphatic heterocycles. The topological polar surface area (TPSA) is 40.9 Å². The zero-order chi connectivity index (χ0) is 4.99. The summed E-state index contributed by atoms with van der Waals surface area (Å²) in [6.07, 6.45) is -0.940. The molecule has 2 nitrogen and oxygen atoms in total. The summed E-state index contributed by atoms with van der Waals surface area (Å²) in [6.45, 7) is 0. The van der Waals surface area contributed by atoms with Gasteiger partial charge in [0.05, 0.1) is 0 Å². The number of hydrogen-bond acceptors (Lipinski definition) is 2. The van der Waals surface area contributed by atoms with Gasteiger partial charge in [0.2, 0.25) is 0 Å². The van der Waals surface area contributed by atoms with E-state index in [0.717, 1.165) is 0 Å². The quantitative estimate of drug-likeness (QED) is 0.324. The molecule has 0 spiro atoms. The molecule has 0 radical (unpaired) electrons. The fraction of sp³-hybridized carbons (Fsp3) is 0. The Morgan fingerprint density at radius 2 is 3.75 bits per heavy atom. The predicted molar refractivity (Wildman–Crippen MR) is 15.2 cm³/mol.